The molecule has 2 aromatic carbocycles. The summed E-state index contributed by atoms with van der Waals surface area (Å²) in [5.41, 5.74) is 2.16. The summed E-state index contributed by atoms with van der Waals surface area (Å²) < 4.78 is 10.6. The van der Waals surface area contributed by atoms with Gasteiger partial charge in [0.2, 0.25) is 0 Å². The van der Waals surface area contributed by atoms with Gasteiger partial charge < -0.3 is 19.9 Å². The highest BCUT2D eigenvalue weighted by Crippen LogP contribution is 2.29. The van der Waals surface area contributed by atoms with Crippen molar-refractivity contribution in [2.75, 3.05) is 14.2 Å². The van der Waals surface area contributed by atoms with Crippen LogP contribution in [-0.2, 0) is 6.54 Å². The van der Waals surface area contributed by atoms with Crippen LogP contribution in [0, 0.1) is 0 Å². The van der Waals surface area contributed by atoms with Gasteiger partial charge >= 0.3 is 0 Å². The van der Waals surface area contributed by atoms with Crippen LogP contribution in [0.2, 0.25) is 0 Å². The van der Waals surface area contributed by atoms with Gasteiger partial charge in [-0.15, -0.1) is 0 Å². The summed E-state index contributed by atoms with van der Waals surface area (Å²) in [7, 11) is 3.26. The second kappa shape index (κ2) is 6.99. The van der Waals surface area contributed by atoms with Gasteiger partial charge in [-0.3, -0.25) is 0 Å². The number of hydrogen-bond acceptors (Lipinski definition) is 4. The molecule has 0 fully saturated rings. The molecule has 2 aromatic rings. The molecule has 21 heavy (non-hydrogen) atoms. The lowest BCUT2D eigenvalue weighted by Gasteiger charge is -2.16. The summed E-state index contributed by atoms with van der Waals surface area (Å²) in [5.74, 6) is 1.73. The summed E-state index contributed by atoms with van der Waals surface area (Å²) in [5, 5.41) is 12.9. The molecule has 0 amide bonds. The maximum atomic E-state index is 9.46. The fraction of sp³-hybridized carbons (Fsp3) is 0.294. The van der Waals surface area contributed by atoms with E-state index in [1.807, 2.05) is 30.3 Å². The molecule has 112 valence electrons. The van der Waals surface area contributed by atoms with Gasteiger partial charge in [-0.25, -0.2) is 0 Å². The maximum absolute atomic E-state index is 9.46. The first-order chi connectivity index (χ1) is 10.1. The summed E-state index contributed by atoms with van der Waals surface area (Å²) in [6.45, 7) is 2.77. The van der Waals surface area contributed by atoms with Crippen LogP contribution >= 0.6 is 0 Å². The molecule has 0 bridgehead atoms. The monoisotopic (exact) mass is 287 g/mol. The Bertz CT molecular complexity index is 598. The number of aromatic hydroxyl groups is 1. The summed E-state index contributed by atoms with van der Waals surface area (Å²) in [6.07, 6.45) is 0. The van der Waals surface area contributed by atoms with E-state index in [9.17, 15) is 5.11 Å². The van der Waals surface area contributed by atoms with Crippen LogP contribution in [0.5, 0.6) is 17.2 Å². The Morgan fingerprint density at radius 3 is 2.48 bits per heavy atom. The number of nitrogens with one attached hydrogen (secondary N) is 1. The molecule has 0 saturated carbocycles. The fourth-order valence-electron chi connectivity index (χ4n) is 2.18. The van der Waals surface area contributed by atoms with Gasteiger partial charge in [0.05, 0.1) is 14.2 Å². The molecular formula is C17H21NO3. The lowest BCUT2D eigenvalue weighted by atomic mass is 10.1. The van der Waals surface area contributed by atoms with Crippen molar-refractivity contribution in [3.05, 3.63) is 53.6 Å². The van der Waals surface area contributed by atoms with Crippen LogP contribution in [0.15, 0.2) is 42.5 Å². The molecule has 0 aliphatic carbocycles. The van der Waals surface area contributed by atoms with E-state index in [4.69, 9.17) is 9.47 Å². The topological polar surface area (TPSA) is 50.7 Å². The van der Waals surface area contributed by atoms with Crippen LogP contribution < -0.4 is 14.8 Å². The highest BCUT2D eigenvalue weighted by Gasteiger charge is 2.10. The number of hydrogen-bond donors (Lipinski definition) is 2. The van der Waals surface area contributed by atoms with Crippen molar-refractivity contribution in [2.45, 2.75) is 19.5 Å². The number of phenols is 1. The maximum Gasteiger partial charge on any atom is 0.161 e. The minimum absolute atomic E-state index is 0.159. The van der Waals surface area contributed by atoms with E-state index >= 15 is 0 Å². The minimum Gasteiger partial charge on any atom is -0.508 e. The Balaban J connectivity index is 2.04. The largest absolute Gasteiger partial charge is 0.508 e. The quantitative estimate of drug-likeness (QED) is 0.856. The molecule has 0 aromatic heterocycles. The van der Waals surface area contributed by atoms with Crippen LogP contribution in [-0.4, -0.2) is 19.3 Å². The van der Waals surface area contributed by atoms with Crippen LogP contribution in [0.4, 0.5) is 0 Å². The lowest BCUT2D eigenvalue weighted by molar-refractivity contribution is 0.354. The second-order valence-corrected chi connectivity index (χ2v) is 4.89. The number of phenolic OH excluding ortho intramolecular Hbond substituents is 1. The van der Waals surface area contributed by atoms with Crippen molar-refractivity contribution >= 4 is 0 Å². The van der Waals surface area contributed by atoms with Gasteiger partial charge in [-0.2, -0.15) is 0 Å². The highest BCUT2D eigenvalue weighted by molar-refractivity contribution is 5.43. The zero-order valence-electron chi connectivity index (χ0n) is 12.6. The Kier molecular flexibility index (Phi) is 5.06. The SMILES string of the molecule is COc1ccc(C(C)NCc2cccc(O)c2)cc1OC. The highest BCUT2D eigenvalue weighted by atomic mass is 16.5. The van der Waals surface area contributed by atoms with E-state index < -0.39 is 0 Å². The molecule has 2 N–H and O–H groups in total. The molecule has 1 unspecified atom stereocenters. The smallest absolute Gasteiger partial charge is 0.161 e. The third-order valence-corrected chi connectivity index (χ3v) is 3.43. The molecule has 0 radical (unpaired) electrons. The molecule has 2 rings (SSSR count). The standard InChI is InChI=1S/C17H21NO3/c1-12(18-11-13-5-4-6-15(19)9-13)14-7-8-16(20-2)17(10-14)21-3/h4-10,12,18-19H,11H2,1-3H3. The predicted molar refractivity (Wildman–Crippen MR) is 82.9 cm³/mol. The first kappa shape index (κ1) is 15.2. The molecule has 4 nitrogen and oxygen atoms in total. The number of rotatable bonds is 6. The third kappa shape index (κ3) is 3.89. The molecule has 0 aliphatic rings. The van der Waals surface area contributed by atoms with Crippen molar-refractivity contribution in [1.29, 1.82) is 0 Å². The number of benzene rings is 2. The summed E-state index contributed by atoms with van der Waals surface area (Å²) in [6, 6.07) is 13.3. The average molecular weight is 287 g/mol. The summed E-state index contributed by atoms with van der Waals surface area (Å²) in [4.78, 5) is 0. The van der Waals surface area contributed by atoms with Crippen LogP contribution in [0.1, 0.15) is 24.1 Å². The van der Waals surface area contributed by atoms with Gasteiger partial charge in [0.1, 0.15) is 5.75 Å². The molecule has 1 atom stereocenters. The average Bonchev–Trinajstić information content (AvgIpc) is 2.52. The van der Waals surface area contributed by atoms with Crippen molar-refractivity contribution in [2.24, 2.45) is 0 Å². The lowest BCUT2D eigenvalue weighted by Crippen LogP contribution is -2.18. The second-order valence-electron chi connectivity index (χ2n) is 4.89. The molecule has 0 saturated heterocycles. The molecular weight excluding hydrogens is 266 g/mol. The van der Waals surface area contributed by atoms with Gasteiger partial charge in [0.25, 0.3) is 0 Å². The van der Waals surface area contributed by atoms with E-state index in [2.05, 4.69) is 12.2 Å². The number of ether oxygens (including phenoxy) is 2. The van der Waals surface area contributed by atoms with Crippen molar-refractivity contribution in [1.82, 2.24) is 5.32 Å². The van der Waals surface area contributed by atoms with Crippen LogP contribution in [0.3, 0.4) is 0 Å². The zero-order chi connectivity index (χ0) is 15.2. The molecule has 0 spiro atoms. The fourth-order valence-corrected chi connectivity index (χ4v) is 2.18. The van der Waals surface area contributed by atoms with E-state index in [-0.39, 0.29) is 11.8 Å². The summed E-state index contributed by atoms with van der Waals surface area (Å²) >= 11 is 0. The predicted octanol–water partition coefficient (Wildman–Crippen LogP) is 3.26. The van der Waals surface area contributed by atoms with Crippen molar-refractivity contribution in [3.8, 4) is 17.2 Å². The van der Waals surface area contributed by atoms with Gasteiger partial charge in [0.15, 0.2) is 11.5 Å². The Labute approximate surface area is 125 Å². The van der Waals surface area contributed by atoms with E-state index in [1.54, 1.807) is 26.4 Å². The first-order valence-electron chi connectivity index (χ1n) is 6.87. The minimum atomic E-state index is 0.159. The molecule has 0 heterocycles. The van der Waals surface area contributed by atoms with E-state index in [0.717, 1.165) is 22.6 Å². The molecule has 4 heteroatoms. The Morgan fingerprint density at radius 2 is 1.81 bits per heavy atom. The Morgan fingerprint density at radius 1 is 1.05 bits per heavy atom. The van der Waals surface area contributed by atoms with Gasteiger partial charge in [-0.05, 0) is 42.3 Å². The molecule has 0 aliphatic heterocycles. The number of methoxy groups -OCH3 is 2. The van der Waals surface area contributed by atoms with Gasteiger partial charge in [-0.1, -0.05) is 18.2 Å². The third-order valence-electron chi connectivity index (χ3n) is 3.43. The zero-order valence-corrected chi connectivity index (χ0v) is 12.6. The first-order valence-corrected chi connectivity index (χ1v) is 6.87. The van der Waals surface area contributed by atoms with Crippen LogP contribution in [0.25, 0.3) is 0 Å². The van der Waals surface area contributed by atoms with Crippen molar-refractivity contribution < 1.29 is 14.6 Å². The van der Waals surface area contributed by atoms with Crippen molar-refractivity contribution in [3.63, 3.8) is 0 Å². The van der Waals surface area contributed by atoms with E-state index in [0.29, 0.717) is 6.54 Å². The van der Waals surface area contributed by atoms with Gasteiger partial charge in [0, 0.05) is 12.6 Å². The normalized spacial score (nSPS) is 12.0. The Hall–Kier alpha value is -2.20. The van der Waals surface area contributed by atoms with E-state index in [1.165, 1.54) is 0 Å².